The van der Waals surface area contributed by atoms with Crippen LogP contribution in [0.3, 0.4) is 0 Å². The van der Waals surface area contributed by atoms with Crippen molar-refractivity contribution in [1.29, 1.82) is 0 Å². The number of aliphatic hydroxyl groups is 2. The maximum absolute atomic E-state index is 12.5. The second kappa shape index (κ2) is 65.9. The first-order chi connectivity index (χ1) is 37.5. The number of nitrogens with one attached hydrogen (secondary N) is 1. The summed E-state index contributed by atoms with van der Waals surface area (Å²) in [5.41, 5.74) is 0. The predicted molar refractivity (Wildman–Crippen MR) is 333 cm³/mol. The lowest BCUT2D eigenvalue weighted by molar-refractivity contribution is -0.143. The van der Waals surface area contributed by atoms with Crippen LogP contribution in [0.1, 0.15) is 386 Å². The van der Waals surface area contributed by atoms with E-state index in [1.165, 1.54) is 321 Å². The van der Waals surface area contributed by atoms with Gasteiger partial charge in [0.1, 0.15) is 0 Å². The van der Waals surface area contributed by atoms with Crippen LogP contribution < -0.4 is 5.32 Å². The van der Waals surface area contributed by atoms with Gasteiger partial charge in [0.05, 0.1) is 25.4 Å². The van der Waals surface area contributed by atoms with Crippen molar-refractivity contribution in [3.8, 4) is 0 Å². The molecule has 0 spiro atoms. The number of esters is 1. The molecule has 0 heterocycles. The Kier molecular flexibility index (Phi) is 64.4. The van der Waals surface area contributed by atoms with E-state index >= 15 is 0 Å². The summed E-state index contributed by atoms with van der Waals surface area (Å²) in [5.74, 6) is -0.0466. The van der Waals surface area contributed by atoms with Crippen LogP contribution in [-0.4, -0.2) is 47.4 Å². The molecule has 6 nitrogen and oxygen atoms in total. The predicted octanol–water partition coefficient (Wildman–Crippen LogP) is 22.1. The summed E-state index contributed by atoms with van der Waals surface area (Å²) in [6.07, 6.45) is 82.5. The number of allylic oxidation sites excluding steroid dienone is 3. The van der Waals surface area contributed by atoms with E-state index in [0.29, 0.717) is 19.4 Å². The topological polar surface area (TPSA) is 95.9 Å². The SMILES string of the molecule is CCCCCCCCCCCCCCCCC/C=C/C(O)C(CO)NC(=O)CCCCCCCCCCCCCC/C=C\CCCCCCCCCCCCCCOC(=O)CCCCCCCCCCCCCCCC. The minimum Gasteiger partial charge on any atom is -0.466 e. The fourth-order valence-electron chi connectivity index (χ4n) is 10.9. The Balaban J connectivity index is 3.39. The highest BCUT2D eigenvalue weighted by molar-refractivity contribution is 5.76. The van der Waals surface area contributed by atoms with Gasteiger partial charge in [-0.15, -0.1) is 0 Å². The van der Waals surface area contributed by atoms with E-state index in [9.17, 15) is 19.8 Å². The highest BCUT2D eigenvalue weighted by Crippen LogP contribution is 2.18. The van der Waals surface area contributed by atoms with Crippen molar-refractivity contribution in [2.45, 2.75) is 398 Å². The Morgan fingerprint density at radius 1 is 0.355 bits per heavy atom. The third kappa shape index (κ3) is 61.6. The fraction of sp³-hybridized carbons (Fsp3) is 0.914. The second-order valence-corrected chi connectivity index (χ2v) is 23.9. The summed E-state index contributed by atoms with van der Waals surface area (Å²) in [4.78, 5) is 24.6. The fourth-order valence-corrected chi connectivity index (χ4v) is 10.9. The second-order valence-electron chi connectivity index (χ2n) is 23.9. The monoisotopic (exact) mass is 1070 g/mol. The molecule has 0 aromatic carbocycles. The Bertz CT molecular complexity index is 1190. The van der Waals surface area contributed by atoms with Crippen LogP contribution in [0.15, 0.2) is 24.3 Å². The highest BCUT2D eigenvalue weighted by Gasteiger charge is 2.18. The zero-order chi connectivity index (χ0) is 55.0. The van der Waals surface area contributed by atoms with Crippen LogP contribution in [0.25, 0.3) is 0 Å². The van der Waals surface area contributed by atoms with Gasteiger partial charge in [0.2, 0.25) is 5.91 Å². The first-order valence-electron chi connectivity index (χ1n) is 34.6. The van der Waals surface area contributed by atoms with Crippen LogP contribution in [0, 0.1) is 0 Å². The average Bonchev–Trinajstić information content (AvgIpc) is 3.42. The van der Waals surface area contributed by atoms with E-state index in [1.54, 1.807) is 6.08 Å². The van der Waals surface area contributed by atoms with Crippen LogP contribution >= 0.6 is 0 Å². The molecular weight excluding hydrogens is 935 g/mol. The first-order valence-corrected chi connectivity index (χ1v) is 34.6. The van der Waals surface area contributed by atoms with Crippen molar-refractivity contribution >= 4 is 11.9 Å². The van der Waals surface area contributed by atoms with Gasteiger partial charge >= 0.3 is 5.97 Å². The van der Waals surface area contributed by atoms with Gasteiger partial charge in [0, 0.05) is 12.8 Å². The van der Waals surface area contributed by atoms with Gasteiger partial charge in [-0.25, -0.2) is 0 Å². The number of carbonyl (C=O) groups is 2. The maximum Gasteiger partial charge on any atom is 0.305 e. The van der Waals surface area contributed by atoms with Crippen molar-refractivity contribution in [2.24, 2.45) is 0 Å². The largest absolute Gasteiger partial charge is 0.466 e. The van der Waals surface area contributed by atoms with Crippen LogP contribution in [-0.2, 0) is 14.3 Å². The van der Waals surface area contributed by atoms with Gasteiger partial charge in [0.15, 0.2) is 0 Å². The number of ether oxygens (including phenoxy) is 1. The Hall–Kier alpha value is -1.66. The number of carbonyl (C=O) groups excluding carboxylic acids is 2. The molecule has 0 bridgehead atoms. The summed E-state index contributed by atoms with van der Waals surface area (Å²) in [5, 5.41) is 23.2. The van der Waals surface area contributed by atoms with E-state index in [0.717, 1.165) is 38.5 Å². The number of unbranched alkanes of at least 4 members (excludes halogenated alkanes) is 52. The van der Waals surface area contributed by atoms with Crippen molar-refractivity contribution in [2.75, 3.05) is 13.2 Å². The first kappa shape index (κ1) is 74.3. The number of aliphatic hydroxyl groups excluding tert-OH is 2. The van der Waals surface area contributed by atoms with Crippen LogP contribution in [0.4, 0.5) is 0 Å². The molecule has 0 aliphatic heterocycles. The van der Waals surface area contributed by atoms with Crippen molar-refractivity contribution < 1.29 is 24.5 Å². The van der Waals surface area contributed by atoms with Crippen molar-refractivity contribution in [3.63, 3.8) is 0 Å². The molecule has 0 rings (SSSR count). The Morgan fingerprint density at radius 2 is 0.618 bits per heavy atom. The van der Waals surface area contributed by atoms with Crippen LogP contribution in [0.5, 0.6) is 0 Å². The molecule has 0 fully saturated rings. The van der Waals surface area contributed by atoms with Crippen LogP contribution in [0.2, 0.25) is 0 Å². The van der Waals surface area contributed by atoms with E-state index in [2.05, 4.69) is 31.3 Å². The van der Waals surface area contributed by atoms with Gasteiger partial charge < -0.3 is 20.3 Å². The molecule has 1 amide bonds. The Labute approximate surface area is 475 Å². The molecule has 0 aromatic rings. The Morgan fingerprint density at radius 3 is 0.934 bits per heavy atom. The minimum atomic E-state index is -0.844. The quantitative estimate of drug-likeness (QED) is 0.0320. The van der Waals surface area contributed by atoms with E-state index in [1.807, 2.05) is 6.08 Å². The molecule has 0 aliphatic rings. The lowest BCUT2D eigenvalue weighted by Crippen LogP contribution is -2.45. The molecule has 0 aliphatic carbocycles. The summed E-state index contributed by atoms with van der Waals surface area (Å²) in [6, 6.07) is -0.628. The lowest BCUT2D eigenvalue weighted by atomic mass is 10.0. The van der Waals surface area contributed by atoms with Gasteiger partial charge in [-0.05, 0) is 57.8 Å². The number of rotatable bonds is 65. The third-order valence-corrected chi connectivity index (χ3v) is 16.2. The van der Waals surface area contributed by atoms with Crippen molar-refractivity contribution in [1.82, 2.24) is 5.32 Å². The smallest absolute Gasteiger partial charge is 0.305 e. The molecule has 3 N–H and O–H groups in total. The highest BCUT2D eigenvalue weighted by atomic mass is 16.5. The maximum atomic E-state index is 12.5. The summed E-state index contributed by atoms with van der Waals surface area (Å²) >= 11 is 0. The molecule has 2 atom stereocenters. The number of hydrogen-bond acceptors (Lipinski definition) is 5. The molecule has 2 unspecified atom stereocenters. The zero-order valence-corrected chi connectivity index (χ0v) is 51.5. The molecule has 76 heavy (non-hydrogen) atoms. The molecular formula is C70H135NO5. The molecule has 0 saturated heterocycles. The van der Waals surface area contributed by atoms with Gasteiger partial charge in [-0.1, -0.05) is 340 Å². The zero-order valence-electron chi connectivity index (χ0n) is 51.5. The van der Waals surface area contributed by atoms with Gasteiger partial charge in [-0.3, -0.25) is 9.59 Å². The number of amides is 1. The normalized spacial score (nSPS) is 12.6. The van der Waals surface area contributed by atoms with Gasteiger partial charge in [0.25, 0.3) is 0 Å². The van der Waals surface area contributed by atoms with E-state index in [4.69, 9.17) is 4.74 Å². The van der Waals surface area contributed by atoms with Gasteiger partial charge in [-0.2, -0.15) is 0 Å². The van der Waals surface area contributed by atoms with E-state index in [-0.39, 0.29) is 18.5 Å². The molecule has 6 heteroatoms. The molecule has 0 saturated carbocycles. The standard InChI is InChI=1S/C70H135NO5/c1-3-5-7-9-11-13-15-17-19-32-35-38-42-46-50-54-58-62-68(73)67(66-72)71-69(74)63-59-55-51-47-43-39-36-33-30-28-26-24-22-20-21-23-25-27-29-31-34-37-41-45-49-53-57-61-65-76-70(75)64-60-56-52-48-44-40-18-16-14-12-10-8-6-4-2/h20-21,58,62,67-68,72-73H,3-19,22-57,59-61,63-66H2,1-2H3,(H,71,74)/b21-20-,62-58+. The molecule has 0 aromatic heterocycles. The minimum absolute atomic E-state index is 0.0183. The average molecular weight is 1070 g/mol. The lowest BCUT2D eigenvalue weighted by Gasteiger charge is -2.20. The molecule has 0 radical (unpaired) electrons. The van der Waals surface area contributed by atoms with E-state index < -0.39 is 12.1 Å². The molecule has 450 valence electrons. The summed E-state index contributed by atoms with van der Waals surface area (Å²) < 4.78 is 5.49. The number of hydrogen-bond donors (Lipinski definition) is 3. The third-order valence-electron chi connectivity index (χ3n) is 16.2. The van der Waals surface area contributed by atoms with Crippen molar-refractivity contribution in [3.05, 3.63) is 24.3 Å². The summed E-state index contributed by atoms with van der Waals surface area (Å²) in [7, 11) is 0. The summed E-state index contributed by atoms with van der Waals surface area (Å²) in [6.45, 7) is 4.94.